The van der Waals surface area contributed by atoms with Crippen LogP contribution in [0.1, 0.15) is 59.0 Å². The smallest absolute Gasteiger partial charge is 0.342 e. The number of nitrogens with one attached hydrogen (secondary N) is 1. The van der Waals surface area contributed by atoms with E-state index in [4.69, 9.17) is 9.84 Å². The number of esters is 1. The van der Waals surface area contributed by atoms with Crippen LogP contribution in [0.4, 0.5) is 4.79 Å². The largest absolute Gasteiger partial charge is 0.431 e. The molecule has 8 nitrogen and oxygen atoms in total. The van der Waals surface area contributed by atoms with Crippen LogP contribution in [0.15, 0.2) is 103 Å². The average Bonchev–Trinajstić information content (AvgIpc) is 3.27. The summed E-state index contributed by atoms with van der Waals surface area (Å²) in [6.07, 6.45) is 8.61. The van der Waals surface area contributed by atoms with E-state index < -0.39 is 0 Å². The number of ketones is 1. The molecule has 216 valence electrons. The van der Waals surface area contributed by atoms with Gasteiger partial charge in [-0.3, -0.25) is 9.69 Å². The highest BCUT2D eigenvalue weighted by Gasteiger charge is 2.34. The normalized spacial score (nSPS) is 13.4. The second-order valence-corrected chi connectivity index (χ2v) is 9.06. The van der Waals surface area contributed by atoms with Gasteiger partial charge in [0.15, 0.2) is 5.78 Å². The molecule has 2 N–H and O–H groups in total. The molecule has 2 aliphatic rings. The molecule has 0 saturated heterocycles. The van der Waals surface area contributed by atoms with Crippen molar-refractivity contribution in [2.75, 3.05) is 20.8 Å². The van der Waals surface area contributed by atoms with Crippen LogP contribution in [-0.4, -0.2) is 53.5 Å². The fourth-order valence-corrected chi connectivity index (χ4v) is 4.05. The highest BCUT2D eigenvalue weighted by atomic mass is 16.5. The first kappa shape index (κ1) is 32.5. The average molecular weight is 558 g/mol. The molecule has 0 atom stereocenters. The maximum absolute atomic E-state index is 12.5. The molecule has 2 amide bonds. The van der Waals surface area contributed by atoms with Crippen molar-refractivity contribution in [1.82, 2.24) is 15.1 Å². The third-order valence-electron chi connectivity index (χ3n) is 6.17. The topological polar surface area (TPSA) is 99.2 Å². The van der Waals surface area contributed by atoms with Gasteiger partial charge in [-0.1, -0.05) is 80.6 Å². The first-order valence-corrected chi connectivity index (χ1v) is 13.3. The minimum Gasteiger partial charge on any atom is -0.431 e. The molecule has 1 aliphatic heterocycles. The Morgan fingerprint density at radius 2 is 1.63 bits per heavy atom. The van der Waals surface area contributed by atoms with Crippen molar-refractivity contribution in [3.05, 3.63) is 125 Å². The van der Waals surface area contributed by atoms with Gasteiger partial charge in [0.2, 0.25) is 0 Å². The number of aryl methyl sites for hydroxylation is 1. The quantitative estimate of drug-likeness (QED) is 0.190. The summed E-state index contributed by atoms with van der Waals surface area (Å²) in [4.78, 5) is 38.9. The van der Waals surface area contributed by atoms with Crippen molar-refractivity contribution in [2.24, 2.45) is 0 Å². The Hall–Kier alpha value is -4.69. The van der Waals surface area contributed by atoms with Gasteiger partial charge in [-0.2, -0.15) is 0 Å². The van der Waals surface area contributed by atoms with Crippen molar-refractivity contribution in [3.8, 4) is 0 Å². The fourth-order valence-electron chi connectivity index (χ4n) is 4.05. The maximum atomic E-state index is 12.5. The molecule has 0 fully saturated rings. The van der Waals surface area contributed by atoms with Gasteiger partial charge >= 0.3 is 12.0 Å². The number of Topliss-reactive ketones (excluding diaryl/α,β-unsaturated/α-hetero) is 1. The van der Waals surface area contributed by atoms with Crippen LogP contribution >= 0.6 is 0 Å². The van der Waals surface area contributed by atoms with E-state index in [0.717, 1.165) is 28.0 Å². The molecule has 1 aliphatic carbocycles. The molecule has 2 aromatic carbocycles. The number of carbonyl (C=O) groups excluding carboxylic acids is 3. The number of hydrogen-bond acceptors (Lipinski definition) is 6. The molecule has 1 heterocycles. The van der Waals surface area contributed by atoms with E-state index >= 15 is 0 Å². The fraction of sp³-hybridized carbons (Fsp3) is 0.242. The zero-order chi connectivity index (χ0) is 30.5. The Kier molecular flexibility index (Phi) is 12.5. The maximum Gasteiger partial charge on any atom is 0.342 e. The number of benzene rings is 2. The standard InChI is InChI=1S/C17H19N3O3.C14H14O2.C2H6/c1-10-8-13-14(11-6-4-5-7-12(11)15(13)22)18-16(10)20(3)17(23)19(2)9-21;1-3-4-5-6-11-16-14(15)13-9-7-12(2)8-10-13;1-2/h4-7,18,21H,8-9H2,1-3H3;3-11H,1H2,2H3;1-2H3/b;5-4-,11-6+;. The number of urea groups is 1. The van der Waals surface area contributed by atoms with Crippen molar-refractivity contribution in [2.45, 2.75) is 34.1 Å². The molecule has 0 bridgehead atoms. The number of rotatable bonds is 6. The van der Waals surface area contributed by atoms with Crippen LogP contribution < -0.4 is 5.32 Å². The third-order valence-corrected chi connectivity index (χ3v) is 6.17. The number of carbonyl (C=O) groups is 3. The lowest BCUT2D eigenvalue weighted by molar-refractivity contribution is 0.0662. The van der Waals surface area contributed by atoms with Gasteiger partial charge in [0.1, 0.15) is 12.6 Å². The summed E-state index contributed by atoms with van der Waals surface area (Å²) in [5, 5.41) is 12.4. The van der Waals surface area contributed by atoms with E-state index in [1.807, 2.05) is 64.1 Å². The Morgan fingerprint density at radius 1 is 1.00 bits per heavy atom. The number of ether oxygens (including phenoxy) is 1. The second kappa shape index (κ2) is 15.8. The van der Waals surface area contributed by atoms with Crippen molar-refractivity contribution >= 4 is 23.5 Å². The summed E-state index contributed by atoms with van der Waals surface area (Å²) in [6.45, 7) is 11.0. The third kappa shape index (κ3) is 8.16. The Balaban J connectivity index is 0.000000288. The zero-order valence-electron chi connectivity index (χ0n) is 24.6. The van der Waals surface area contributed by atoms with Crippen LogP contribution in [-0.2, 0) is 4.74 Å². The van der Waals surface area contributed by atoms with Gasteiger partial charge in [0, 0.05) is 37.2 Å². The van der Waals surface area contributed by atoms with Crippen molar-refractivity contribution < 1.29 is 24.2 Å². The number of fused-ring (bicyclic) bond motifs is 2. The number of amides is 2. The van der Waals surface area contributed by atoms with Gasteiger partial charge in [-0.05, 0) is 37.6 Å². The second-order valence-electron chi connectivity index (χ2n) is 9.06. The summed E-state index contributed by atoms with van der Waals surface area (Å²) in [5.41, 5.74) is 5.65. The van der Waals surface area contributed by atoms with Crippen molar-refractivity contribution in [1.29, 1.82) is 0 Å². The lowest BCUT2D eigenvalue weighted by atomic mass is 10.00. The number of aliphatic hydroxyl groups is 1. The molecule has 0 radical (unpaired) electrons. The molecule has 8 heteroatoms. The molecule has 41 heavy (non-hydrogen) atoms. The Morgan fingerprint density at radius 3 is 2.24 bits per heavy atom. The van der Waals surface area contributed by atoms with Gasteiger partial charge in [-0.15, -0.1) is 0 Å². The molecular weight excluding hydrogens is 518 g/mol. The molecule has 0 aromatic heterocycles. The predicted octanol–water partition coefficient (Wildman–Crippen LogP) is 6.19. The number of allylic oxidation sites excluding steroid dienone is 6. The molecule has 0 unspecified atom stereocenters. The van der Waals surface area contributed by atoms with E-state index in [1.54, 1.807) is 43.5 Å². The molecule has 4 rings (SSSR count). The SMILES string of the molecule is C=C/C=C\C=C\OC(=O)c1ccc(C)cc1.CC.CC1=C(N(C)C(=O)N(C)CO)NC2=C(C1)C(=O)c1ccccc12. The van der Waals surface area contributed by atoms with Crippen LogP contribution in [0.25, 0.3) is 5.70 Å². The number of dihydropyridines is 1. The van der Waals surface area contributed by atoms with E-state index in [9.17, 15) is 14.4 Å². The van der Waals surface area contributed by atoms with Gasteiger partial charge in [0.05, 0.1) is 17.5 Å². The Bertz CT molecular complexity index is 1380. The van der Waals surface area contributed by atoms with E-state index in [1.165, 1.54) is 23.1 Å². The highest BCUT2D eigenvalue weighted by molar-refractivity contribution is 6.21. The van der Waals surface area contributed by atoms with Crippen LogP contribution in [0.5, 0.6) is 0 Å². The van der Waals surface area contributed by atoms with Gasteiger partial charge in [0.25, 0.3) is 0 Å². The minimum atomic E-state index is -0.358. The van der Waals surface area contributed by atoms with E-state index in [0.29, 0.717) is 23.4 Å². The lowest BCUT2D eigenvalue weighted by Gasteiger charge is -2.31. The molecule has 0 spiro atoms. The summed E-state index contributed by atoms with van der Waals surface area (Å²) in [5.74, 6) is 0.338. The van der Waals surface area contributed by atoms with E-state index in [-0.39, 0.29) is 24.5 Å². The van der Waals surface area contributed by atoms with Gasteiger partial charge < -0.3 is 20.1 Å². The predicted molar refractivity (Wildman–Crippen MR) is 163 cm³/mol. The van der Waals surface area contributed by atoms with Crippen LogP contribution in [0.3, 0.4) is 0 Å². The summed E-state index contributed by atoms with van der Waals surface area (Å²) in [6, 6.07) is 14.4. The molecule has 2 aromatic rings. The van der Waals surface area contributed by atoms with Crippen LogP contribution in [0.2, 0.25) is 0 Å². The molecule has 0 saturated carbocycles. The summed E-state index contributed by atoms with van der Waals surface area (Å²) in [7, 11) is 3.17. The number of aliphatic hydroxyl groups excluding tert-OH is 1. The monoisotopic (exact) mass is 557 g/mol. The van der Waals surface area contributed by atoms with Crippen molar-refractivity contribution in [3.63, 3.8) is 0 Å². The van der Waals surface area contributed by atoms with Crippen LogP contribution in [0, 0.1) is 6.92 Å². The Labute approximate surface area is 242 Å². The number of hydrogen-bond donors (Lipinski definition) is 2. The first-order valence-electron chi connectivity index (χ1n) is 13.3. The zero-order valence-corrected chi connectivity index (χ0v) is 24.6. The molecular formula is C33H39N3O5. The minimum absolute atomic E-state index is 0.0444. The van der Waals surface area contributed by atoms with E-state index in [2.05, 4.69) is 11.9 Å². The summed E-state index contributed by atoms with van der Waals surface area (Å²) >= 11 is 0. The highest BCUT2D eigenvalue weighted by Crippen LogP contribution is 2.38. The number of nitrogens with zero attached hydrogens (tertiary/aromatic N) is 2. The van der Waals surface area contributed by atoms with Gasteiger partial charge in [-0.25, -0.2) is 9.59 Å². The lowest BCUT2D eigenvalue weighted by Crippen LogP contribution is -2.43. The first-order chi connectivity index (χ1) is 19.7. The summed E-state index contributed by atoms with van der Waals surface area (Å²) < 4.78 is 4.91.